The largest absolute Gasteiger partial charge is 0.392 e. The van der Waals surface area contributed by atoms with Gasteiger partial charge in [-0.3, -0.25) is 9.78 Å². The molecule has 18 heavy (non-hydrogen) atoms. The van der Waals surface area contributed by atoms with Crippen molar-refractivity contribution in [1.29, 1.82) is 0 Å². The van der Waals surface area contributed by atoms with Crippen LogP contribution in [0, 0.1) is 5.41 Å². The van der Waals surface area contributed by atoms with E-state index in [1.54, 1.807) is 12.4 Å². The minimum Gasteiger partial charge on any atom is -0.392 e. The summed E-state index contributed by atoms with van der Waals surface area (Å²) >= 11 is 1.49. The van der Waals surface area contributed by atoms with Crippen molar-refractivity contribution in [2.24, 2.45) is 5.41 Å². The summed E-state index contributed by atoms with van der Waals surface area (Å²) in [5, 5.41) is 12.6. The van der Waals surface area contributed by atoms with Crippen LogP contribution in [0.25, 0.3) is 0 Å². The van der Waals surface area contributed by atoms with Gasteiger partial charge in [0.25, 0.3) is 0 Å². The first-order chi connectivity index (χ1) is 8.50. The molecule has 1 aromatic rings. The molecule has 2 unspecified atom stereocenters. The van der Waals surface area contributed by atoms with Gasteiger partial charge in [-0.2, -0.15) is 0 Å². The minimum atomic E-state index is -0.310. The first kappa shape index (κ1) is 13.4. The summed E-state index contributed by atoms with van der Waals surface area (Å²) in [5.74, 6) is 0.411. The number of aromatic nitrogens is 1. The average Bonchev–Trinajstić information content (AvgIpc) is 2.37. The van der Waals surface area contributed by atoms with Gasteiger partial charge in [-0.25, -0.2) is 0 Å². The number of rotatable bonds is 4. The number of aliphatic hydroxyl groups excluding tert-OH is 1. The first-order valence-electron chi connectivity index (χ1n) is 6.00. The van der Waals surface area contributed by atoms with Crippen LogP contribution < -0.4 is 5.32 Å². The molecule has 1 aromatic heterocycles. The number of carbonyl (C=O) groups is 1. The topological polar surface area (TPSA) is 62.2 Å². The fraction of sp³-hybridized carbons (Fsp3) is 0.538. The van der Waals surface area contributed by atoms with Crippen LogP contribution in [0.1, 0.15) is 20.3 Å². The van der Waals surface area contributed by atoms with E-state index in [1.807, 2.05) is 26.0 Å². The van der Waals surface area contributed by atoms with Crippen LogP contribution in [0.2, 0.25) is 0 Å². The van der Waals surface area contributed by atoms with Crippen LogP contribution in [-0.4, -0.2) is 33.9 Å². The van der Waals surface area contributed by atoms with Gasteiger partial charge in [-0.1, -0.05) is 13.8 Å². The van der Waals surface area contributed by atoms with E-state index in [2.05, 4.69) is 10.3 Å². The van der Waals surface area contributed by atoms with Gasteiger partial charge in [0.1, 0.15) is 0 Å². The van der Waals surface area contributed by atoms with E-state index in [0.717, 1.165) is 4.90 Å². The molecule has 2 atom stereocenters. The molecule has 1 heterocycles. The molecule has 2 N–H and O–H groups in total. The maximum Gasteiger partial charge on any atom is 0.230 e. The van der Waals surface area contributed by atoms with E-state index >= 15 is 0 Å². The van der Waals surface area contributed by atoms with Gasteiger partial charge in [0.05, 0.1) is 11.9 Å². The Labute approximate surface area is 111 Å². The highest BCUT2D eigenvalue weighted by atomic mass is 32.2. The Balaban J connectivity index is 1.77. The molecule has 0 radical (unpaired) electrons. The fourth-order valence-corrected chi connectivity index (χ4v) is 2.66. The third-order valence-electron chi connectivity index (χ3n) is 3.57. The number of nitrogens with one attached hydrogen (secondary N) is 1. The molecule has 0 aliphatic heterocycles. The van der Waals surface area contributed by atoms with Crippen molar-refractivity contribution in [1.82, 2.24) is 10.3 Å². The summed E-state index contributed by atoms with van der Waals surface area (Å²) in [6.45, 7) is 3.95. The van der Waals surface area contributed by atoms with Crippen LogP contribution >= 0.6 is 11.8 Å². The molecule has 1 aliphatic rings. The van der Waals surface area contributed by atoms with Gasteiger partial charge >= 0.3 is 0 Å². The first-order valence-corrected chi connectivity index (χ1v) is 6.99. The van der Waals surface area contributed by atoms with Gasteiger partial charge < -0.3 is 10.4 Å². The van der Waals surface area contributed by atoms with Crippen molar-refractivity contribution in [2.75, 3.05) is 5.75 Å². The highest BCUT2D eigenvalue weighted by Gasteiger charge is 2.47. The molecular weight excluding hydrogens is 248 g/mol. The van der Waals surface area contributed by atoms with Gasteiger partial charge in [0.15, 0.2) is 0 Å². The molecular formula is C13H18N2O2S. The second-order valence-electron chi connectivity index (χ2n) is 5.16. The molecule has 1 amide bonds. The third-order valence-corrected chi connectivity index (χ3v) is 4.58. The summed E-state index contributed by atoms with van der Waals surface area (Å²) in [4.78, 5) is 16.7. The Morgan fingerprint density at radius 2 is 2.22 bits per heavy atom. The van der Waals surface area contributed by atoms with Crippen LogP contribution in [0.5, 0.6) is 0 Å². The quantitative estimate of drug-likeness (QED) is 0.810. The highest BCUT2D eigenvalue weighted by Crippen LogP contribution is 2.40. The summed E-state index contributed by atoms with van der Waals surface area (Å²) in [6, 6.07) is 3.85. The maximum absolute atomic E-state index is 11.8. The lowest BCUT2D eigenvalue weighted by molar-refractivity contribution is -0.126. The van der Waals surface area contributed by atoms with Crippen molar-refractivity contribution in [3.05, 3.63) is 24.5 Å². The Kier molecular flexibility index (Phi) is 3.92. The summed E-state index contributed by atoms with van der Waals surface area (Å²) < 4.78 is 0. The van der Waals surface area contributed by atoms with Crippen molar-refractivity contribution >= 4 is 17.7 Å². The highest BCUT2D eigenvalue weighted by molar-refractivity contribution is 8.00. The Hall–Kier alpha value is -1.07. The fourth-order valence-electron chi connectivity index (χ4n) is 1.97. The molecule has 2 rings (SSSR count). The van der Waals surface area contributed by atoms with Crippen molar-refractivity contribution < 1.29 is 9.90 Å². The molecule has 98 valence electrons. The Morgan fingerprint density at radius 3 is 2.78 bits per heavy atom. The summed E-state index contributed by atoms with van der Waals surface area (Å²) in [7, 11) is 0. The van der Waals surface area contributed by atoms with E-state index in [4.69, 9.17) is 0 Å². The van der Waals surface area contributed by atoms with E-state index in [-0.39, 0.29) is 23.5 Å². The van der Waals surface area contributed by atoms with Gasteiger partial charge in [-0.15, -0.1) is 11.8 Å². The lowest BCUT2D eigenvalue weighted by Crippen LogP contribution is -2.61. The summed E-state index contributed by atoms with van der Waals surface area (Å²) in [5.41, 5.74) is -0.211. The number of amides is 1. The van der Waals surface area contributed by atoms with Crippen LogP contribution in [0.4, 0.5) is 0 Å². The van der Waals surface area contributed by atoms with E-state index in [0.29, 0.717) is 12.2 Å². The summed E-state index contributed by atoms with van der Waals surface area (Å²) in [6.07, 6.45) is 3.77. The van der Waals surface area contributed by atoms with E-state index in [1.165, 1.54) is 11.8 Å². The molecule has 0 bridgehead atoms. The zero-order valence-corrected chi connectivity index (χ0v) is 11.4. The second kappa shape index (κ2) is 5.28. The van der Waals surface area contributed by atoms with Crippen LogP contribution in [-0.2, 0) is 4.79 Å². The van der Waals surface area contributed by atoms with Crippen molar-refractivity contribution in [3.8, 4) is 0 Å². The van der Waals surface area contributed by atoms with Gasteiger partial charge in [-0.05, 0) is 18.6 Å². The minimum absolute atomic E-state index is 0.0155. The lowest BCUT2D eigenvalue weighted by atomic mass is 9.64. The van der Waals surface area contributed by atoms with Crippen LogP contribution in [0.3, 0.4) is 0 Å². The normalized spacial score (nSPS) is 25.3. The molecule has 1 aliphatic carbocycles. The molecule has 4 nitrogen and oxygen atoms in total. The monoisotopic (exact) mass is 266 g/mol. The standard InChI is InChI=1S/C13H18N2O2S/c1-13(2)10(7-11(13)16)15-12(17)8-18-9-3-5-14-6-4-9/h3-6,10-11,16H,7-8H2,1-2H3,(H,15,17). The number of carbonyl (C=O) groups excluding carboxylic acids is 1. The number of hydrogen-bond donors (Lipinski definition) is 2. The molecule has 1 fully saturated rings. The average molecular weight is 266 g/mol. The van der Waals surface area contributed by atoms with Gasteiger partial charge in [0, 0.05) is 28.7 Å². The lowest BCUT2D eigenvalue weighted by Gasteiger charge is -2.49. The molecule has 1 saturated carbocycles. The SMILES string of the molecule is CC1(C)C(O)CC1NC(=O)CSc1ccncc1. The molecule has 0 aromatic carbocycles. The third kappa shape index (κ3) is 2.84. The number of thioether (sulfide) groups is 1. The van der Waals surface area contributed by atoms with Crippen LogP contribution in [0.15, 0.2) is 29.4 Å². The van der Waals surface area contributed by atoms with E-state index in [9.17, 15) is 9.90 Å². The second-order valence-corrected chi connectivity index (χ2v) is 6.21. The Bertz CT molecular complexity index is 422. The van der Waals surface area contributed by atoms with E-state index < -0.39 is 0 Å². The predicted octanol–water partition coefficient (Wildman–Crippen LogP) is 1.45. The molecule has 0 saturated heterocycles. The zero-order chi connectivity index (χ0) is 13.2. The zero-order valence-electron chi connectivity index (χ0n) is 10.6. The van der Waals surface area contributed by atoms with Gasteiger partial charge in [0.2, 0.25) is 5.91 Å². The smallest absolute Gasteiger partial charge is 0.230 e. The maximum atomic E-state index is 11.8. The molecule has 5 heteroatoms. The number of hydrogen-bond acceptors (Lipinski definition) is 4. The number of pyridine rings is 1. The number of nitrogens with zero attached hydrogens (tertiary/aromatic N) is 1. The van der Waals surface area contributed by atoms with Crippen molar-refractivity contribution in [2.45, 2.75) is 37.3 Å². The van der Waals surface area contributed by atoms with Crippen molar-refractivity contribution in [3.63, 3.8) is 0 Å². The molecule has 0 spiro atoms. The predicted molar refractivity (Wildman–Crippen MR) is 71.3 cm³/mol. The Morgan fingerprint density at radius 1 is 1.56 bits per heavy atom. The number of aliphatic hydroxyl groups is 1.